The van der Waals surface area contributed by atoms with Crippen LogP contribution in [0.5, 0.6) is 5.75 Å². The highest BCUT2D eigenvalue weighted by molar-refractivity contribution is 14.0. The predicted octanol–water partition coefficient (Wildman–Crippen LogP) is 3.82. The summed E-state index contributed by atoms with van der Waals surface area (Å²) >= 11 is 0. The highest BCUT2D eigenvalue weighted by atomic mass is 127. The lowest BCUT2D eigenvalue weighted by atomic mass is 10.0. The van der Waals surface area contributed by atoms with Gasteiger partial charge in [0, 0.05) is 32.7 Å². The molecule has 0 atom stereocenters. The first-order valence-electron chi connectivity index (χ1n) is 10.2. The standard InChI is InChI=1S/C23H32N4O.HI/c1-19-7-6-10-22(17-19)28-16-13-25-23(24-2)26-21-11-14-27(15-12-21)18-20-8-4-3-5-9-20;/h3-10,17,21H,11-16,18H2,1-2H3,(H2,24,25,26);1H. The van der Waals surface area contributed by atoms with Gasteiger partial charge in [-0.3, -0.25) is 9.89 Å². The van der Waals surface area contributed by atoms with E-state index in [1.54, 1.807) is 0 Å². The molecule has 0 saturated carbocycles. The molecule has 1 heterocycles. The van der Waals surface area contributed by atoms with Crippen molar-refractivity contribution in [3.63, 3.8) is 0 Å². The number of guanidine groups is 1. The molecular formula is C23H33IN4O. The summed E-state index contributed by atoms with van der Waals surface area (Å²) in [5, 5.41) is 6.91. The van der Waals surface area contributed by atoms with Gasteiger partial charge in [-0.05, 0) is 43.0 Å². The summed E-state index contributed by atoms with van der Waals surface area (Å²) in [4.78, 5) is 6.88. The van der Waals surface area contributed by atoms with E-state index in [0.717, 1.165) is 50.7 Å². The summed E-state index contributed by atoms with van der Waals surface area (Å²) in [5.74, 6) is 1.77. The SMILES string of the molecule is CN=C(NCCOc1cccc(C)c1)NC1CCN(Cc2ccccc2)CC1.I. The van der Waals surface area contributed by atoms with E-state index >= 15 is 0 Å². The van der Waals surface area contributed by atoms with Crippen LogP contribution in [-0.2, 0) is 6.54 Å². The zero-order chi connectivity index (χ0) is 19.6. The minimum absolute atomic E-state index is 0. The van der Waals surface area contributed by atoms with Crippen LogP contribution in [-0.4, -0.2) is 50.2 Å². The molecular weight excluding hydrogens is 475 g/mol. The van der Waals surface area contributed by atoms with Gasteiger partial charge in [0.2, 0.25) is 0 Å². The Morgan fingerprint density at radius 3 is 2.55 bits per heavy atom. The van der Waals surface area contributed by atoms with E-state index in [-0.39, 0.29) is 24.0 Å². The maximum atomic E-state index is 5.79. The number of nitrogens with zero attached hydrogens (tertiary/aromatic N) is 2. The highest BCUT2D eigenvalue weighted by Crippen LogP contribution is 2.14. The van der Waals surface area contributed by atoms with Crippen molar-refractivity contribution in [1.82, 2.24) is 15.5 Å². The van der Waals surface area contributed by atoms with Gasteiger partial charge in [0.15, 0.2) is 5.96 Å². The predicted molar refractivity (Wildman–Crippen MR) is 131 cm³/mol. The summed E-state index contributed by atoms with van der Waals surface area (Å²) in [7, 11) is 1.82. The Morgan fingerprint density at radius 1 is 1.10 bits per heavy atom. The fourth-order valence-electron chi connectivity index (χ4n) is 3.51. The second-order valence-corrected chi connectivity index (χ2v) is 7.34. The number of benzene rings is 2. The number of halogens is 1. The summed E-state index contributed by atoms with van der Waals surface area (Å²) in [5.41, 5.74) is 2.60. The summed E-state index contributed by atoms with van der Waals surface area (Å²) < 4.78 is 5.79. The molecule has 29 heavy (non-hydrogen) atoms. The third-order valence-corrected chi connectivity index (χ3v) is 5.05. The van der Waals surface area contributed by atoms with Gasteiger partial charge in [0.05, 0.1) is 6.54 Å². The number of likely N-dealkylation sites (tertiary alicyclic amines) is 1. The molecule has 0 aromatic heterocycles. The number of hydrogen-bond donors (Lipinski definition) is 2. The van der Waals surface area contributed by atoms with Gasteiger partial charge < -0.3 is 15.4 Å². The molecule has 2 aromatic carbocycles. The zero-order valence-corrected chi connectivity index (χ0v) is 19.8. The quantitative estimate of drug-likeness (QED) is 0.259. The van der Waals surface area contributed by atoms with Crippen LogP contribution in [0.3, 0.4) is 0 Å². The lowest BCUT2D eigenvalue weighted by Gasteiger charge is -2.33. The van der Waals surface area contributed by atoms with Gasteiger partial charge in [-0.1, -0.05) is 42.5 Å². The van der Waals surface area contributed by atoms with Gasteiger partial charge in [0.25, 0.3) is 0 Å². The molecule has 0 spiro atoms. The van der Waals surface area contributed by atoms with Crippen LogP contribution in [0.4, 0.5) is 0 Å². The Hall–Kier alpha value is -1.80. The van der Waals surface area contributed by atoms with Crippen molar-refractivity contribution in [2.24, 2.45) is 4.99 Å². The van der Waals surface area contributed by atoms with E-state index in [1.807, 2.05) is 19.2 Å². The maximum Gasteiger partial charge on any atom is 0.191 e. The minimum atomic E-state index is 0. The van der Waals surface area contributed by atoms with E-state index in [0.29, 0.717) is 12.6 Å². The average molecular weight is 508 g/mol. The number of ether oxygens (including phenoxy) is 1. The Bertz CT molecular complexity index is 746. The molecule has 0 radical (unpaired) electrons. The normalized spacial score (nSPS) is 15.4. The molecule has 0 aliphatic carbocycles. The average Bonchev–Trinajstić information content (AvgIpc) is 2.72. The molecule has 2 aromatic rings. The molecule has 1 saturated heterocycles. The van der Waals surface area contributed by atoms with Gasteiger partial charge in [-0.25, -0.2) is 0 Å². The van der Waals surface area contributed by atoms with Crippen LogP contribution in [0.2, 0.25) is 0 Å². The van der Waals surface area contributed by atoms with Crippen molar-refractivity contribution in [3.8, 4) is 5.75 Å². The molecule has 158 valence electrons. The number of nitrogens with one attached hydrogen (secondary N) is 2. The number of aryl methyl sites for hydroxylation is 1. The molecule has 0 bridgehead atoms. The van der Waals surface area contributed by atoms with Crippen molar-refractivity contribution >= 4 is 29.9 Å². The van der Waals surface area contributed by atoms with E-state index in [9.17, 15) is 0 Å². The zero-order valence-electron chi connectivity index (χ0n) is 17.4. The van der Waals surface area contributed by atoms with E-state index in [4.69, 9.17) is 4.74 Å². The van der Waals surface area contributed by atoms with Crippen LogP contribution < -0.4 is 15.4 Å². The third-order valence-electron chi connectivity index (χ3n) is 5.05. The minimum Gasteiger partial charge on any atom is -0.492 e. The molecule has 1 fully saturated rings. The van der Waals surface area contributed by atoms with Crippen LogP contribution in [0, 0.1) is 6.92 Å². The van der Waals surface area contributed by atoms with Crippen LogP contribution in [0.15, 0.2) is 59.6 Å². The Balaban J connectivity index is 0.00000300. The summed E-state index contributed by atoms with van der Waals surface area (Å²) in [6.07, 6.45) is 2.26. The molecule has 3 rings (SSSR count). The smallest absolute Gasteiger partial charge is 0.191 e. The number of hydrogen-bond acceptors (Lipinski definition) is 3. The molecule has 1 aliphatic heterocycles. The number of piperidine rings is 1. The van der Waals surface area contributed by atoms with Crippen molar-refractivity contribution in [2.45, 2.75) is 32.4 Å². The largest absolute Gasteiger partial charge is 0.492 e. The van der Waals surface area contributed by atoms with E-state index < -0.39 is 0 Å². The van der Waals surface area contributed by atoms with Crippen LogP contribution in [0.1, 0.15) is 24.0 Å². The topological polar surface area (TPSA) is 48.9 Å². The monoisotopic (exact) mass is 508 g/mol. The Kier molecular flexibility index (Phi) is 10.3. The Morgan fingerprint density at radius 2 is 1.86 bits per heavy atom. The molecule has 0 unspecified atom stereocenters. The maximum absolute atomic E-state index is 5.79. The van der Waals surface area contributed by atoms with Crippen molar-refractivity contribution < 1.29 is 4.74 Å². The van der Waals surface area contributed by atoms with Gasteiger partial charge in [-0.2, -0.15) is 0 Å². The fourth-order valence-corrected chi connectivity index (χ4v) is 3.51. The van der Waals surface area contributed by atoms with Crippen LogP contribution >= 0.6 is 24.0 Å². The molecule has 2 N–H and O–H groups in total. The van der Waals surface area contributed by atoms with Gasteiger partial charge in [-0.15, -0.1) is 24.0 Å². The van der Waals surface area contributed by atoms with Gasteiger partial charge in [0.1, 0.15) is 12.4 Å². The Labute approximate surface area is 192 Å². The van der Waals surface area contributed by atoms with E-state index in [2.05, 4.69) is 69.9 Å². The van der Waals surface area contributed by atoms with E-state index in [1.165, 1.54) is 11.1 Å². The first kappa shape index (κ1) is 23.5. The first-order valence-corrected chi connectivity index (χ1v) is 10.2. The second-order valence-electron chi connectivity index (χ2n) is 7.34. The second kappa shape index (κ2) is 12.7. The lowest BCUT2D eigenvalue weighted by molar-refractivity contribution is 0.198. The third kappa shape index (κ3) is 8.22. The molecule has 5 nitrogen and oxygen atoms in total. The molecule has 6 heteroatoms. The van der Waals surface area contributed by atoms with Crippen molar-refractivity contribution in [1.29, 1.82) is 0 Å². The summed E-state index contributed by atoms with van der Waals surface area (Å²) in [6.45, 7) is 6.67. The molecule has 0 amide bonds. The van der Waals surface area contributed by atoms with Crippen molar-refractivity contribution in [3.05, 3.63) is 65.7 Å². The number of rotatable bonds is 7. The molecule has 1 aliphatic rings. The fraction of sp³-hybridized carbons (Fsp3) is 0.435. The van der Waals surface area contributed by atoms with Crippen molar-refractivity contribution in [2.75, 3.05) is 33.3 Å². The summed E-state index contributed by atoms with van der Waals surface area (Å²) in [6, 6.07) is 19.3. The highest BCUT2D eigenvalue weighted by Gasteiger charge is 2.19. The first-order chi connectivity index (χ1) is 13.7. The number of aliphatic imine (C=N–C) groups is 1. The van der Waals surface area contributed by atoms with Crippen LogP contribution in [0.25, 0.3) is 0 Å². The van der Waals surface area contributed by atoms with Gasteiger partial charge >= 0.3 is 0 Å². The lowest BCUT2D eigenvalue weighted by Crippen LogP contribution is -2.49.